The molecule has 0 aromatic rings. The van der Waals surface area contributed by atoms with Gasteiger partial charge in [0.15, 0.2) is 0 Å². The third-order valence-corrected chi connectivity index (χ3v) is 4.92. The van der Waals surface area contributed by atoms with Gasteiger partial charge in [-0.15, -0.1) is 0 Å². The molecule has 3 heteroatoms. The average Bonchev–Trinajstić information content (AvgIpc) is 2.57. The molecule has 0 heterocycles. The number of carbonyl (C=O) groups excluding carboxylic acids is 1. The largest absolute Gasteiger partial charge is 0.459 e. The first-order valence-electron chi connectivity index (χ1n) is 10.6. The zero-order valence-electron chi connectivity index (χ0n) is 19.2. The van der Waals surface area contributed by atoms with Crippen LogP contribution in [-0.4, -0.2) is 37.6 Å². The highest BCUT2D eigenvalue weighted by molar-refractivity contribution is 5.88. The summed E-state index contributed by atoms with van der Waals surface area (Å²) >= 11 is 0. The second-order valence-electron chi connectivity index (χ2n) is 8.39. The van der Waals surface area contributed by atoms with Gasteiger partial charge in [0.2, 0.25) is 0 Å². The Hall–Kier alpha value is -0.830. The third kappa shape index (κ3) is 15.4. The van der Waals surface area contributed by atoms with Crippen LogP contribution in [0, 0.1) is 17.8 Å². The number of nitrogens with zero attached hydrogens (tertiary/aromatic N) is 1. The third-order valence-electron chi connectivity index (χ3n) is 4.92. The molecule has 0 rings (SSSR count). The maximum atomic E-state index is 11.9. The van der Waals surface area contributed by atoms with Gasteiger partial charge < -0.3 is 9.64 Å². The lowest BCUT2D eigenvalue weighted by Crippen LogP contribution is -2.24. The van der Waals surface area contributed by atoms with E-state index in [0.29, 0.717) is 18.0 Å². The second kappa shape index (κ2) is 16.4. The van der Waals surface area contributed by atoms with E-state index in [9.17, 15) is 4.79 Å². The van der Waals surface area contributed by atoms with Gasteiger partial charge in [-0.3, -0.25) is 0 Å². The van der Waals surface area contributed by atoms with Crippen molar-refractivity contribution in [3.8, 4) is 0 Å². The fourth-order valence-electron chi connectivity index (χ4n) is 2.59. The standard InChI is InChI=1S/C20H39NO2.C3H8/c1-9-15(2)10-11-16(3)17(4)12-13-19(6)23-20(22)18(5)14-21(7)8;1-3-2/h15-17,19H,5,9-14H2,1-4,6-8H3;3H2,1-2H3. The molecule has 0 amide bonds. The van der Waals surface area contributed by atoms with Gasteiger partial charge in [0.05, 0.1) is 6.10 Å². The van der Waals surface area contributed by atoms with Crippen molar-refractivity contribution in [3.05, 3.63) is 12.2 Å². The number of carbonyl (C=O) groups is 1. The Morgan fingerprint density at radius 3 is 1.81 bits per heavy atom. The summed E-state index contributed by atoms with van der Waals surface area (Å²) in [5, 5.41) is 0. The monoisotopic (exact) mass is 369 g/mol. The van der Waals surface area contributed by atoms with Crippen molar-refractivity contribution in [2.45, 2.75) is 93.1 Å². The SMILES string of the molecule is C=C(CN(C)C)C(=O)OC(C)CCC(C)C(C)CCC(C)CC.CCC. The predicted molar refractivity (Wildman–Crippen MR) is 115 cm³/mol. The molecule has 0 N–H and O–H groups in total. The number of ether oxygens (including phenoxy) is 1. The zero-order chi connectivity index (χ0) is 20.7. The lowest BCUT2D eigenvalue weighted by Gasteiger charge is -2.23. The lowest BCUT2D eigenvalue weighted by atomic mass is 9.85. The van der Waals surface area contributed by atoms with Crippen LogP contribution in [0.4, 0.5) is 0 Å². The van der Waals surface area contributed by atoms with Gasteiger partial charge in [0.25, 0.3) is 0 Å². The molecule has 4 unspecified atom stereocenters. The van der Waals surface area contributed by atoms with Crippen molar-refractivity contribution in [1.82, 2.24) is 4.90 Å². The first-order valence-corrected chi connectivity index (χ1v) is 10.6. The van der Waals surface area contributed by atoms with Gasteiger partial charge in [-0.25, -0.2) is 4.79 Å². The van der Waals surface area contributed by atoms with E-state index in [1.807, 2.05) is 25.9 Å². The lowest BCUT2D eigenvalue weighted by molar-refractivity contribution is -0.144. The van der Waals surface area contributed by atoms with E-state index in [1.54, 1.807) is 0 Å². The zero-order valence-corrected chi connectivity index (χ0v) is 19.2. The first-order chi connectivity index (χ1) is 12.1. The molecule has 0 aliphatic rings. The molecule has 0 radical (unpaired) electrons. The van der Waals surface area contributed by atoms with Crippen LogP contribution in [0.3, 0.4) is 0 Å². The van der Waals surface area contributed by atoms with Gasteiger partial charge >= 0.3 is 5.97 Å². The van der Waals surface area contributed by atoms with E-state index in [1.165, 1.54) is 25.7 Å². The molecular formula is C23H47NO2. The van der Waals surface area contributed by atoms with Gasteiger partial charge in [0.1, 0.15) is 0 Å². The molecule has 4 atom stereocenters. The van der Waals surface area contributed by atoms with Crippen molar-refractivity contribution in [1.29, 1.82) is 0 Å². The van der Waals surface area contributed by atoms with Crippen molar-refractivity contribution < 1.29 is 9.53 Å². The van der Waals surface area contributed by atoms with E-state index in [4.69, 9.17) is 4.74 Å². The molecule has 0 aliphatic carbocycles. The maximum absolute atomic E-state index is 11.9. The Labute approximate surface area is 164 Å². The summed E-state index contributed by atoms with van der Waals surface area (Å²) in [5.41, 5.74) is 0.525. The topological polar surface area (TPSA) is 29.5 Å². The van der Waals surface area contributed by atoms with E-state index in [-0.39, 0.29) is 12.1 Å². The summed E-state index contributed by atoms with van der Waals surface area (Å²) < 4.78 is 5.49. The highest BCUT2D eigenvalue weighted by Crippen LogP contribution is 2.25. The van der Waals surface area contributed by atoms with Crippen molar-refractivity contribution in [3.63, 3.8) is 0 Å². The van der Waals surface area contributed by atoms with Crippen LogP contribution in [0.25, 0.3) is 0 Å². The molecule has 156 valence electrons. The fraction of sp³-hybridized carbons (Fsp3) is 0.870. The molecule has 0 saturated heterocycles. The molecule has 0 aromatic heterocycles. The van der Waals surface area contributed by atoms with Crippen LogP contribution >= 0.6 is 0 Å². The molecule has 0 saturated carbocycles. The number of hydrogen-bond donors (Lipinski definition) is 0. The quantitative estimate of drug-likeness (QED) is 0.297. The van der Waals surface area contributed by atoms with E-state index in [2.05, 4.69) is 48.1 Å². The minimum Gasteiger partial charge on any atom is -0.459 e. The van der Waals surface area contributed by atoms with Crippen LogP contribution in [-0.2, 0) is 9.53 Å². The Bertz CT molecular complexity index is 365. The van der Waals surface area contributed by atoms with Gasteiger partial charge in [-0.2, -0.15) is 0 Å². The van der Waals surface area contributed by atoms with Crippen LogP contribution in [0.5, 0.6) is 0 Å². The van der Waals surface area contributed by atoms with Crippen LogP contribution in [0.15, 0.2) is 12.2 Å². The van der Waals surface area contributed by atoms with Crippen molar-refractivity contribution in [2.24, 2.45) is 17.8 Å². The Morgan fingerprint density at radius 2 is 1.38 bits per heavy atom. The summed E-state index contributed by atoms with van der Waals surface area (Å²) in [4.78, 5) is 13.9. The molecule has 3 nitrogen and oxygen atoms in total. The van der Waals surface area contributed by atoms with E-state index >= 15 is 0 Å². The van der Waals surface area contributed by atoms with Crippen LogP contribution < -0.4 is 0 Å². The Morgan fingerprint density at radius 1 is 0.923 bits per heavy atom. The van der Waals surface area contributed by atoms with Crippen molar-refractivity contribution in [2.75, 3.05) is 20.6 Å². The fourth-order valence-corrected chi connectivity index (χ4v) is 2.59. The molecule has 0 spiro atoms. The normalized spacial score (nSPS) is 15.5. The maximum Gasteiger partial charge on any atom is 0.334 e. The first kappa shape index (κ1) is 27.4. The molecular weight excluding hydrogens is 322 g/mol. The summed E-state index contributed by atoms with van der Waals surface area (Å²) in [7, 11) is 3.84. The number of rotatable bonds is 12. The highest BCUT2D eigenvalue weighted by Gasteiger charge is 2.17. The molecule has 0 fully saturated rings. The highest BCUT2D eigenvalue weighted by atomic mass is 16.5. The van der Waals surface area contributed by atoms with Crippen molar-refractivity contribution >= 4 is 5.97 Å². The summed E-state index contributed by atoms with van der Waals surface area (Å²) in [6, 6.07) is 0. The number of hydrogen-bond acceptors (Lipinski definition) is 3. The van der Waals surface area contributed by atoms with Gasteiger partial charge in [0, 0.05) is 12.1 Å². The summed E-state index contributed by atoms with van der Waals surface area (Å²) in [6.45, 7) is 19.9. The van der Waals surface area contributed by atoms with Crippen LogP contribution in [0.1, 0.15) is 87.0 Å². The van der Waals surface area contributed by atoms with Gasteiger partial charge in [-0.1, -0.05) is 73.8 Å². The Balaban J connectivity index is 0. The smallest absolute Gasteiger partial charge is 0.334 e. The molecule has 0 bridgehead atoms. The Kier molecular flexibility index (Phi) is 17.2. The predicted octanol–water partition coefficient (Wildman–Crippen LogP) is 6.33. The van der Waals surface area contributed by atoms with E-state index in [0.717, 1.165) is 24.7 Å². The molecule has 0 aliphatic heterocycles. The van der Waals surface area contributed by atoms with Crippen LogP contribution in [0.2, 0.25) is 0 Å². The minimum atomic E-state index is -0.260. The molecule has 26 heavy (non-hydrogen) atoms. The average molecular weight is 370 g/mol. The number of likely N-dealkylation sites (N-methyl/N-ethyl adjacent to an activating group) is 1. The second-order valence-corrected chi connectivity index (χ2v) is 8.39. The molecule has 0 aromatic carbocycles. The number of esters is 1. The van der Waals surface area contributed by atoms with Gasteiger partial charge in [-0.05, 0) is 51.6 Å². The summed E-state index contributed by atoms with van der Waals surface area (Å²) in [6.07, 6.45) is 7.13. The van der Waals surface area contributed by atoms with E-state index < -0.39 is 0 Å². The minimum absolute atomic E-state index is 0.0365. The summed E-state index contributed by atoms with van der Waals surface area (Å²) in [5.74, 6) is 1.97.